The third-order valence-corrected chi connectivity index (χ3v) is 12.6. The van der Waals surface area contributed by atoms with E-state index in [2.05, 4.69) is 89.3 Å². The quantitative estimate of drug-likeness (QED) is 0.451. The zero-order valence-corrected chi connectivity index (χ0v) is 23.7. The van der Waals surface area contributed by atoms with Gasteiger partial charge >= 0.3 is 5.82 Å². The molecule has 0 aliphatic carbocycles. The summed E-state index contributed by atoms with van der Waals surface area (Å²) in [6.07, 6.45) is 2.52. The highest BCUT2D eigenvalue weighted by Gasteiger charge is 2.47. The van der Waals surface area contributed by atoms with Crippen molar-refractivity contribution in [3.8, 4) is 0 Å². The molecule has 0 radical (unpaired) electrons. The van der Waals surface area contributed by atoms with Gasteiger partial charge in [-0.1, -0.05) is 25.2 Å². The maximum atomic E-state index is 11.5. The van der Waals surface area contributed by atoms with Crippen LogP contribution in [-0.4, -0.2) is 74.4 Å². The highest BCUT2D eigenvalue weighted by Crippen LogP contribution is 2.37. The Morgan fingerprint density at radius 3 is 1.84 bits per heavy atom. The number of carboxylic acid groups (broad SMARTS) is 1. The van der Waals surface area contributed by atoms with Gasteiger partial charge in [0.2, 0.25) is 0 Å². The number of carbonyl (C=O) groups excluding carboxylic acids is 1. The van der Waals surface area contributed by atoms with E-state index in [4.69, 9.17) is 0 Å². The van der Waals surface area contributed by atoms with Crippen LogP contribution in [0.15, 0.2) is 42.2 Å². The Kier molecular flexibility index (Phi) is 5.67. The monoisotopic (exact) mass is 513 g/mol. The lowest BCUT2D eigenvalue weighted by Crippen LogP contribution is -2.58. The lowest BCUT2D eigenvalue weighted by molar-refractivity contribution is -0.628. The van der Waals surface area contributed by atoms with Crippen molar-refractivity contribution in [2.75, 3.05) is 49.6 Å². The van der Waals surface area contributed by atoms with Crippen molar-refractivity contribution < 1.29 is 19.1 Å². The van der Waals surface area contributed by atoms with E-state index in [0.717, 1.165) is 43.4 Å². The number of carbonyl (C=O) groups is 1. The molecule has 7 heteroatoms. The van der Waals surface area contributed by atoms with Gasteiger partial charge in [0.15, 0.2) is 6.54 Å². The van der Waals surface area contributed by atoms with Gasteiger partial charge in [-0.3, -0.25) is 0 Å². The van der Waals surface area contributed by atoms with Crippen LogP contribution in [-0.2, 0) is 4.79 Å². The number of rotatable bonds is 5. The highest BCUT2D eigenvalue weighted by atomic mass is 28.3. The van der Waals surface area contributed by atoms with Crippen LogP contribution in [0.5, 0.6) is 0 Å². The molecular weight excluding hydrogens is 476 g/mol. The van der Waals surface area contributed by atoms with Crippen LogP contribution in [0.2, 0.25) is 13.1 Å². The van der Waals surface area contributed by atoms with E-state index in [1.165, 1.54) is 51.3 Å². The van der Waals surface area contributed by atoms with Crippen LogP contribution in [0.25, 0.3) is 5.57 Å². The molecule has 0 N–H and O–H groups in total. The number of hydrogen-bond acceptors (Lipinski definition) is 4. The molecule has 0 atom stereocenters. The Hall–Kier alpha value is -3.19. The molecule has 192 valence electrons. The number of carboxylic acids is 1. The van der Waals surface area contributed by atoms with Crippen molar-refractivity contribution in [3.63, 3.8) is 0 Å². The van der Waals surface area contributed by atoms with E-state index in [9.17, 15) is 9.90 Å². The van der Waals surface area contributed by atoms with Crippen LogP contribution in [0.1, 0.15) is 44.2 Å². The summed E-state index contributed by atoms with van der Waals surface area (Å²) in [6.45, 7) is 14.1. The molecule has 37 heavy (non-hydrogen) atoms. The highest BCUT2D eigenvalue weighted by molar-refractivity contribution is 7.02. The van der Waals surface area contributed by atoms with Gasteiger partial charge in [0.1, 0.15) is 20.7 Å². The van der Waals surface area contributed by atoms with Crippen molar-refractivity contribution in [3.05, 3.63) is 53.3 Å². The Morgan fingerprint density at radius 1 is 0.892 bits per heavy atom. The van der Waals surface area contributed by atoms with Crippen molar-refractivity contribution in [1.29, 1.82) is 0 Å². The lowest BCUT2D eigenvalue weighted by atomic mass is 9.95. The number of anilines is 2. The van der Waals surface area contributed by atoms with Gasteiger partial charge in [-0.05, 0) is 58.6 Å². The molecule has 6 nitrogen and oxygen atoms in total. The third kappa shape index (κ3) is 3.69. The summed E-state index contributed by atoms with van der Waals surface area (Å²) in [7, 11) is 0.0976. The van der Waals surface area contributed by atoms with Crippen molar-refractivity contribution in [2.24, 2.45) is 0 Å². The zero-order valence-electron chi connectivity index (χ0n) is 22.7. The van der Waals surface area contributed by atoms with Gasteiger partial charge in [-0.2, -0.15) is 0 Å². The molecule has 2 aromatic rings. The Bertz CT molecular complexity index is 1360. The molecule has 4 aliphatic rings. The van der Waals surface area contributed by atoms with E-state index in [0.29, 0.717) is 6.54 Å². The van der Waals surface area contributed by atoms with Crippen molar-refractivity contribution in [1.82, 2.24) is 0 Å². The maximum Gasteiger partial charge on any atom is 0.452 e. The first-order chi connectivity index (χ1) is 17.7. The molecule has 0 aromatic heterocycles. The second-order valence-corrected chi connectivity index (χ2v) is 15.8. The molecule has 2 saturated heterocycles. The predicted octanol–water partition coefficient (Wildman–Crippen LogP) is 1.69. The molecule has 2 aromatic carbocycles. The minimum atomic E-state index is -2.01. The summed E-state index contributed by atoms with van der Waals surface area (Å²) in [5, 5.41) is 14.4. The van der Waals surface area contributed by atoms with Gasteiger partial charge in [0.05, 0.1) is 0 Å². The molecule has 0 saturated carbocycles. The fraction of sp³-hybridized carbons (Fsp3) is 0.433. The molecule has 4 heterocycles. The minimum Gasteiger partial charge on any atom is -0.550 e. The number of fused-ring (bicyclic) bond motifs is 2. The number of benzene rings is 2. The van der Waals surface area contributed by atoms with E-state index in [-0.39, 0.29) is 6.42 Å². The molecule has 0 amide bonds. The van der Waals surface area contributed by atoms with E-state index in [1.54, 1.807) is 0 Å². The second-order valence-electron chi connectivity index (χ2n) is 11.5. The standard InChI is InChI=1S/C30H37N4O2Si/c1-20-21(2)34(17-12-28(35)36)30(31(20)3)29-24-10-8-22(32-13-6-14-32)18-26(24)37(4,5)27-19-23(9-11-25(27)29)33-15-7-16-33/h8-11,18-19H,6-7,12-17H2,1-5H3/q+1. The van der Waals surface area contributed by atoms with Gasteiger partial charge in [0, 0.05) is 63.8 Å². The number of nitrogens with zero attached hydrogens (tertiary/aromatic N) is 4. The van der Waals surface area contributed by atoms with Gasteiger partial charge in [0.25, 0.3) is 11.4 Å². The third-order valence-electron chi connectivity index (χ3n) is 9.10. The molecular formula is C30H37N4O2Si+. The van der Waals surface area contributed by atoms with Gasteiger partial charge < -0.3 is 19.7 Å². The fourth-order valence-corrected chi connectivity index (χ4v) is 9.40. The number of hydrogen-bond donors (Lipinski definition) is 0. The van der Waals surface area contributed by atoms with Crippen LogP contribution >= 0.6 is 0 Å². The maximum absolute atomic E-state index is 11.5. The van der Waals surface area contributed by atoms with Gasteiger partial charge in [-0.15, -0.1) is 9.15 Å². The van der Waals surface area contributed by atoms with Crippen molar-refractivity contribution >= 4 is 52.8 Å². The lowest BCUT2D eigenvalue weighted by Gasteiger charge is -2.39. The predicted molar refractivity (Wildman–Crippen MR) is 152 cm³/mol. The van der Waals surface area contributed by atoms with E-state index >= 15 is 0 Å². The summed E-state index contributed by atoms with van der Waals surface area (Å²) in [4.78, 5) is 16.4. The average molecular weight is 514 g/mol. The smallest absolute Gasteiger partial charge is 0.452 e. The summed E-state index contributed by atoms with van der Waals surface area (Å²) in [5.74, 6) is 0.0670. The normalized spacial score (nSPS) is 20.1. The Balaban J connectivity index is 1.63. The fourth-order valence-electron chi connectivity index (χ4n) is 6.32. The molecule has 4 aliphatic heterocycles. The average Bonchev–Trinajstić information content (AvgIpc) is 3.00. The molecule has 0 spiro atoms. The Labute approximate surface area is 220 Å². The summed E-state index contributed by atoms with van der Waals surface area (Å²) in [5.41, 5.74) is 8.74. The first-order valence-electron chi connectivity index (χ1n) is 13.6. The molecule has 0 unspecified atom stereocenters. The summed E-state index contributed by atoms with van der Waals surface area (Å²) in [6, 6.07) is 14.2. The molecule has 6 rings (SSSR count). The molecule has 0 bridgehead atoms. The summed E-state index contributed by atoms with van der Waals surface area (Å²) >= 11 is 0. The Morgan fingerprint density at radius 2 is 1.41 bits per heavy atom. The first kappa shape index (κ1) is 24.2. The van der Waals surface area contributed by atoms with Crippen LogP contribution < -0.4 is 25.3 Å². The van der Waals surface area contributed by atoms with Gasteiger partial charge in [-0.25, -0.2) is 0 Å². The van der Waals surface area contributed by atoms with Crippen LogP contribution in [0.4, 0.5) is 11.4 Å². The second kappa shape index (κ2) is 8.69. The topological polar surface area (TPSA) is 52.6 Å². The molecule has 2 fully saturated rings. The SMILES string of the molecule is CC1=[N+](C)C(=C2c3ccc(N4CCC4)cc3[Si](C)(C)c3cc(N4CCC4)ccc32)[N+](CCC(=O)[O-])=C1C. The summed E-state index contributed by atoms with van der Waals surface area (Å²) < 4.78 is 4.45. The zero-order chi connectivity index (χ0) is 26.1. The van der Waals surface area contributed by atoms with E-state index in [1.807, 2.05) is 0 Å². The number of aliphatic carboxylic acids is 1. The minimum absolute atomic E-state index is 0.00298. The van der Waals surface area contributed by atoms with Crippen LogP contribution in [0, 0.1) is 0 Å². The van der Waals surface area contributed by atoms with Crippen LogP contribution in [0.3, 0.4) is 0 Å². The van der Waals surface area contributed by atoms with E-state index < -0.39 is 14.0 Å². The first-order valence-corrected chi connectivity index (χ1v) is 16.6. The van der Waals surface area contributed by atoms with Crippen molar-refractivity contribution in [2.45, 2.75) is 46.2 Å². The largest absolute Gasteiger partial charge is 0.550 e.